The van der Waals surface area contributed by atoms with E-state index in [0.717, 1.165) is 0 Å². The Labute approximate surface area is 55.2 Å². The molecule has 3 nitrogen and oxygen atoms in total. The van der Waals surface area contributed by atoms with Gasteiger partial charge in [-0.25, -0.2) is 0 Å². The van der Waals surface area contributed by atoms with E-state index in [1.807, 2.05) is 6.92 Å². The van der Waals surface area contributed by atoms with Gasteiger partial charge in [-0.1, -0.05) is 6.92 Å². The van der Waals surface area contributed by atoms with Gasteiger partial charge in [-0.3, -0.25) is 4.79 Å². The molecule has 0 fully saturated rings. The minimum absolute atomic E-state index is 0.0278. The second-order valence-electron chi connectivity index (χ2n) is 1.80. The number of Topliss-reactive ketones (excluding diaryl/α,β-unsaturated/α-hetero) is 1. The Kier molecular flexibility index (Phi) is 4.26. The fourth-order valence-corrected chi connectivity index (χ4v) is 0.657. The molecule has 2 N–H and O–H groups in total. The second-order valence-corrected chi connectivity index (χ2v) is 1.80. The van der Waals surface area contributed by atoms with Crippen LogP contribution in [0.15, 0.2) is 0 Å². The fraction of sp³-hybridized carbons (Fsp3) is 0.833. The Bertz CT molecular complexity index is 89.1. The summed E-state index contributed by atoms with van der Waals surface area (Å²) in [6, 6.07) is 0. The van der Waals surface area contributed by atoms with Crippen molar-refractivity contribution in [2.45, 2.75) is 19.4 Å². The summed E-state index contributed by atoms with van der Waals surface area (Å²) in [6.07, 6.45) is 0.405. The lowest BCUT2D eigenvalue weighted by atomic mass is 10.2. The highest BCUT2D eigenvalue weighted by atomic mass is 16.5. The van der Waals surface area contributed by atoms with Gasteiger partial charge in [-0.05, 0) is 6.42 Å². The zero-order valence-corrected chi connectivity index (χ0v) is 5.89. The van der Waals surface area contributed by atoms with Crippen molar-refractivity contribution in [3.63, 3.8) is 0 Å². The van der Waals surface area contributed by atoms with Crippen LogP contribution in [0.25, 0.3) is 0 Å². The van der Waals surface area contributed by atoms with Crippen LogP contribution in [-0.4, -0.2) is 25.5 Å². The first-order valence-corrected chi connectivity index (χ1v) is 3.01. The smallest absolute Gasteiger partial charge is 0.174 e. The summed E-state index contributed by atoms with van der Waals surface area (Å²) in [7, 11) is 1.52. The van der Waals surface area contributed by atoms with Crippen LogP contribution in [0.5, 0.6) is 0 Å². The molecule has 0 aliphatic carbocycles. The number of ketones is 1. The van der Waals surface area contributed by atoms with Crippen LogP contribution in [0.3, 0.4) is 0 Å². The van der Waals surface area contributed by atoms with Crippen molar-refractivity contribution in [1.82, 2.24) is 0 Å². The number of hydrogen-bond donors (Lipinski definition) is 1. The van der Waals surface area contributed by atoms with E-state index in [4.69, 9.17) is 10.5 Å². The summed E-state index contributed by atoms with van der Waals surface area (Å²) in [5.41, 5.74) is 5.09. The highest BCUT2D eigenvalue weighted by Crippen LogP contribution is 1.95. The minimum atomic E-state index is -0.296. The summed E-state index contributed by atoms with van der Waals surface area (Å²) in [5.74, 6) is -0.0278. The molecule has 0 spiro atoms. The standard InChI is InChI=1S/C6H13NO2/c1-3-6(9-2)5(8)4-7/h6H,3-4,7H2,1-2H3. The molecule has 3 heteroatoms. The maximum Gasteiger partial charge on any atom is 0.174 e. The molecule has 0 saturated carbocycles. The molecule has 0 bridgehead atoms. The molecule has 0 heterocycles. The number of ether oxygens (including phenoxy) is 1. The molecule has 0 saturated heterocycles. The largest absolute Gasteiger partial charge is 0.374 e. The normalized spacial score (nSPS) is 13.2. The second kappa shape index (κ2) is 4.47. The van der Waals surface area contributed by atoms with Crippen molar-refractivity contribution in [1.29, 1.82) is 0 Å². The van der Waals surface area contributed by atoms with Gasteiger partial charge in [-0.2, -0.15) is 0 Å². The van der Waals surface area contributed by atoms with Crippen LogP contribution in [0.4, 0.5) is 0 Å². The predicted molar refractivity (Wildman–Crippen MR) is 35.1 cm³/mol. The van der Waals surface area contributed by atoms with Crippen molar-refractivity contribution in [2.24, 2.45) is 5.73 Å². The third kappa shape index (κ3) is 2.58. The van der Waals surface area contributed by atoms with E-state index in [1.165, 1.54) is 7.11 Å². The summed E-state index contributed by atoms with van der Waals surface area (Å²) >= 11 is 0. The molecule has 0 radical (unpaired) electrons. The summed E-state index contributed by atoms with van der Waals surface area (Å²) in [5, 5.41) is 0. The summed E-state index contributed by atoms with van der Waals surface area (Å²) in [4.78, 5) is 10.7. The van der Waals surface area contributed by atoms with Gasteiger partial charge in [0.2, 0.25) is 0 Å². The summed E-state index contributed by atoms with van der Waals surface area (Å²) < 4.78 is 4.82. The van der Waals surface area contributed by atoms with E-state index in [-0.39, 0.29) is 18.4 Å². The first-order valence-electron chi connectivity index (χ1n) is 3.01. The van der Waals surface area contributed by atoms with Crippen molar-refractivity contribution in [2.75, 3.05) is 13.7 Å². The monoisotopic (exact) mass is 131 g/mol. The van der Waals surface area contributed by atoms with Crippen molar-refractivity contribution >= 4 is 5.78 Å². The lowest BCUT2D eigenvalue weighted by Crippen LogP contribution is -2.28. The number of methoxy groups -OCH3 is 1. The molecule has 1 unspecified atom stereocenters. The molecular weight excluding hydrogens is 118 g/mol. The number of carbonyl (C=O) groups is 1. The van der Waals surface area contributed by atoms with E-state index in [0.29, 0.717) is 6.42 Å². The predicted octanol–water partition coefficient (Wildman–Crippen LogP) is -0.0608. The molecule has 54 valence electrons. The van der Waals surface area contributed by atoms with Gasteiger partial charge < -0.3 is 10.5 Å². The highest BCUT2D eigenvalue weighted by Gasteiger charge is 2.11. The van der Waals surface area contributed by atoms with Crippen molar-refractivity contribution in [3.05, 3.63) is 0 Å². The molecule has 0 aromatic rings. The zero-order chi connectivity index (χ0) is 7.28. The fourth-order valence-electron chi connectivity index (χ4n) is 0.657. The lowest BCUT2D eigenvalue weighted by Gasteiger charge is -2.08. The van der Waals surface area contributed by atoms with Crippen LogP contribution in [0, 0.1) is 0 Å². The van der Waals surface area contributed by atoms with Crippen LogP contribution in [-0.2, 0) is 9.53 Å². The first-order chi connectivity index (χ1) is 4.26. The Hall–Kier alpha value is -0.410. The van der Waals surface area contributed by atoms with Gasteiger partial charge in [0.15, 0.2) is 5.78 Å². The number of nitrogens with two attached hydrogens (primary N) is 1. The van der Waals surface area contributed by atoms with Gasteiger partial charge >= 0.3 is 0 Å². The van der Waals surface area contributed by atoms with Gasteiger partial charge in [0.25, 0.3) is 0 Å². The van der Waals surface area contributed by atoms with E-state index in [2.05, 4.69) is 0 Å². The van der Waals surface area contributed by atoms with Gasteiger partial charge in [0.1, 0.15) is 6.10 Å². The maximum atomic E-state index is 10.7. The van der Waals surface area contributed by atoms with E-state index in [9.17, 15) is 4.79 Å². The molecule has 0 rings (SSSR count). The van der Waals surface area contributed by atoms with Gasteiger partial charge in [0, 0.05) is 7.11 Å². The molecular formula is C6H13NO2. The summed E-state index contributed by atoms with van der Waals surface area (Å²) in [6.45, 7) is 1.97. The highest BCUT2D eigenvalue weighted by molar-refractivity contribution is 5.84. The van der Waals surface area contributed by atoms with E-state index in [1.54, 1.807) is 0 Å². The molecule has 0 aromatic carbocycles. The lowest BCUT2D eigenvalue weighted by molar-refractivity contribution is -0.127. The Morgan fingerprint density at radius 2 is 2.33 bits per heavy atom. The third-order valence-corrected chi connectivity index (χ3v) is 1.22. The van der Waals surface area contributed by atoms with Crippen LogP contribution >= 0.6 is 0 Å². The molecule has 0 amide bonds. The van der Waals surface area contributed by atoms with Gasteiger partial charge in [0.05, 0.1) is 6.54 Å². The quantitative estimate of drug-likeness (QED) is 0.581. The van der Waals surface area contributed by atoms with Crippen LogP contribution in [0.2, 0.25) is 0 Å². The Morgan fingerprint density at radius 1 is 1.78 bits per heavy atom. The molecule has 9 heavy (non-hydrogen) atoms. The van der Waals surface area contributed by atoms with Crippen molar-refractivity contribution < 1.29 is 9.53 Å². The van der Waals surface area contributed by atoms with Crippen molar-refractivity contribution in [3.8, 4) is 0 Å². The third-order valence-electron chi connectivity index (χ3n) is 1.22. The molecule has 0 aromatic heterocycles. The average molecular weight is 131 g/mol. The van der Waals surface area contributed by atoms with Gasteiger partial charge in [-0.15, -0.1) is 0 Å². The molecule has 0 aliphatic rings. The molecule has 1 atom stereocenters. The zero-order valence-electron chi connectivity index (χ0n) is 5.89. The van der Waals surface area contributed by atoms with Crippen LogP contribution in [0.1, 0.15) is 13.3 Å². The number of hydrogen-bond acceptors (Lipinski definition) is 3. The topological polar surface area (TPSA) is 52.3 Å². The van der Waals surface area contributed by atoms with E-state index < -0.39 is 0 Å². The molecule has 0 aliphatic heterocycles. The minimum Gasteiger partial charge on any atom is -0.374 e. The SMILES string of the molecule is CCC(OC)C(=O)CN. The maximum absolute atomic E-state index is 10.7. The average Bonchev–Trinajstić information content (AvgIpc) is 1.90. The Balaban J connectivity index is 3.64. The first kappa shape index (κ1) is 8.59. The number of carbonyl (C=O) groups excluding carboxylic acids is 1. The van der Waals surface area contributed by atoms with E-state index >= 15 is 0 Å². The van der Waals surface area contributed by atoms with Crippen LogP contribution < -0.4 is 5.73 Å². The number of rotatable bonds is 4. The Morgan fingerprint density at radius 3 is 2.44 bits per heavy atom.